The summed E-state index contributed by atoms with van der Waals surface area (Å²) in [5.74, 6) is -0.310. The van der Waals surface area contributed by atoms with E-state index in [-0.39, 0.29) is 23.5 Å². The molecule has 5 heteroatoms. The van der Waals surface area contributed by atoms with Gasteiger partial charge in [-0.1, -0.05) is 6.07 Å². The van der Waals surface area contributed by atoms with Gasteiger partial charge in [-0.3, -0.25) is 9.59 Å². The number of nitrogens with one attached hydrogen (secondary N) is 1. The van der Waals surface area contributed by atoms with Gasteiger partial charge in [-0.2, -0.15) is 0 Å². The minimum Gasteiger partial charge on any atom is -0.322 e. The molecule has 1 aliphatic heterocycles. The fourth-order valence-electron chi connectivity index (χ4n) is 3.04. The Kier molecular flexibility index (Phi) is 3.56. The molecule has 2 aliphatic rings. The van der Waals surface area contributed by atoms with Crippen LogP contribution in [0.3, 0.4) is 0 Å². The largest absolute Gasteiger partial charge is 0.322 e. The van der Waals surface area contributed by atoms with Gasteiger partial charge in [-0.15, -0.1) is 0 Å². The number of fused-ring (bicyclic) bond motifs is 1. The third-order valence-electron chi connectivity index (χ3n) is 4.54. The Morgan fingerprint density at radius 2 is 1.83 bits per heavy atom. The van der Waals surface area contributed by atoms with Crippen LogP contribution >= 0.6 is 0 Å². The second kappa shape index (κ2) is 5.74. The van der Waals surface area contributed by atoms with Crippen LogP contribution < -0.4 is 10.2 Å². The van der Waals surface area contributed by atoms with Crippen LogP contribution in [-0.4, -0.2) is 18.4 Å². The van der Waals surface area contributed by atoms with Gasteiger partial charge in [-0.05, 0) is 61.2 Å². The SMILES string of the molecule is O=C(Nc1ccc2c(c1)N(C(=O)C1CC1)CC2)c1ccc(F)cc1. The molecule has 0 spiro atoms. The van der Waals surface area contributed by atoms with E-state index in [0.29, 0.717) is 17.8 Å². The van der Waals surface area contributed by atoms with E-state index in [9.17, 15) is 14.0 Å². The summed E-state index contributed by atoms with van der Waals surface area (Å²) in [6, 6.07) is 11.0. The van der Waals surface area contributed by atoms with E-state index in [4.69, 9.17) is 0 Å². The van der Waals surface area contributed by atoms with Crippen molar-refractivity contribution in [3.8, 4) is 0 Å². The van der Waals surface area contributed by atoms with Crippen LogP contribution in [0.4, 0.5) is 15.8 Å². The van der Waals surface area contributed by atoms with Crippen LogP contribution in [0.5, 0.6) is 0 Å². The third-order valence-corrected chi connectivity index (χ3v) is 4.54. The molecule has 1 heterocycles. The van der Waals surface area contributed by atoms with Gasteiger partial charge >= 0.3 is 0 Å². The molecule has 0 bridgehead atoms. The molecule has 2 aromatic carbocycles. The molecule has 0 radical (unpaired) electrons. The first-order valence-electron chi connectivity index (χ1n) is 8.13. The highest BCUT2D eigenvalue weighted by Crippen LogP contribution is 2.37. The number of amides is 2. The number of hydrogen-bond donors (Lipinski definition) is 1. The normalized spacial score (nSPS) is 16.0. The summed E-state index contributed by atoms with van der Waals surface area (Å²) in [5, 5.41) is 2.81. The van der Waals surface area contributed by atoms with E-state index in [1.54, 1.807) is 0 Å². The summed E-state index contributed by atoms with van der Waals surface area (Å²) in [6.45, 7) is 0.708. The van der Waals surface area contributed by atoms with Gasteiger partial charge in [0.25, 0.3) is 5.91 Å². The summed E-state index contributed by atoms with van der Waals surface area (Å²) in [5.41, 5.74) is 3.05. The highest BCUT2D eigenvalue weighted by Gasteiger charge is 2.36. The molecule has 1 saturated carbocycles. The fraction of sp³-hybridized carbons (Fsp3) is 0.263. The Balaban J connectivity index is 1.54. The third kappa shape index (κ3) is 2.77. The summed E-state index contributed by atoms with van der Waals surface area (Å²) >= 11 is 0. The Morgan fingerprint density at radius 1 is 1.08 bits per heavy atom. The molecule has 0 saturated heterocycles. The van der Waals surface area contributed by atoms with Gasteiger partial charge in [0.1, 0.15) is 5.82 Å². The number of anilines is 2. The number of nitrogens with zero attached hydrogens (tertiary/aromatic N) is 1. The molecule has 2 aromatic rings. The maximum Gasteiger partial charge on any atom is 0.255 e. The van der Waals surface area contributed by atoms with Crippen LogP contribution in [0.2, 0.25) is 0 Å². The first-order valence-corrected chi connectivity index (χ1v) is 8.13. The number of hydrogen-bond acceptors (Lipinski definition) is 2. The molecule has 122 valence electrons. The van der Waals surface area contributed by atoms with E-state index in [2.05, 4.69) is 5.32 Å². The van der Waals surface area contributed by atoms with E-state index >= 15 is 0 Å². The first-order chi connectivity index (χ1) is 11.6. The second-order valence-electron chi connectivity index (χ2n) is 6.32. The van der Waals surface area contributed by atoms with E-state index in [1.165, 1.54) is 24.3 Å². The van der Waals surface area contributed by atoms with Gasteiger partial charge in [0.05, 0.1) is 0 Å². The second-order valence-corrected chi connectivity index (χ2v) is 6.32. The highest BCUT2D eigenvalue weighted by atomic mass is 19.1. The topological polar surface area (TPSA) is 49.4 Å². The maximum atomic E-state index is 12.9. The fourth-order valence-corrected chi connectivity index (χ4v) is 3.04. The van der Waals surface area contributed by atoms with Gasteiger partial charge in [0.2, 0.25) is 5.91 Å². The standard InChI is InChI=1S/C19H17FN2O2/c20-15-6-3-13(4-7-15)18(23)21-16-8-5-12-9-10-22(17(12)11-16)19(24)14-1-2-14/h3-8,11,14H,1-2,9-10H2,(H,21,23). The van der Waals surface area contributed by atoms with Crippen molar-refractivity contribution in [2.24, 2.45) is 5.92 Å². The summed E-state index contributed by atoms with van der Waals surface area (Å²) in [6.07, 6.45) is 2.80. The molecule has 2 amide bonds. The molecule has 24 heavy (non-hydrogen) atoms. The number of carbonyl (C=O) groups is 2. The smallest absolute Gasteiger partial charge is 0.255 e. The van der Waals surface area contributed by atoms with Crippen molar-refractivity contribution < 1.29 is 14.0 Å². The molecule has 4 rings (SSSR count). The monoisotopic (exact) mass is 324 g/mol. The highest BCUT2D eigenvalue weighted by molar-refractivity contribution is 6.05. The number of halogens is 1. The molecule has 0 atom stereocenters. The number of carbonyl (C=O) groups excluding carboxylic acids is 2. The van der Waals surface area contributed by atoms with Crippen LogP contribution in [-0.2, 0) is 11.2 Å². The van der Waals surface area contributed by atoms with Crippen molar-refractivity contribution in [1.29, 1.82) is 0 Å². The molecule has 1 fully saturated rings. The van der Waals surface area contributed by atoms with Gasteiger partial charge in [-0.25, -0.2) is 4.39 Å². The number of rotatable bonds is 3. The van der Waals surface area contributed by atoms with Gasteiger partial charge in [0, 0.05) is 29.4 Å². The lowest BCUT2D eigenvalue weighted by Gasteiger charge is -2.18. The van der Waals surface area contributed by atoms with E-state index < -0.39 is 0 Å². The Labute approximate surface area is 139 Å². The minimum absolute atomic E-state index is 0.174. The van der Waals surface area contributed by atoms with Crippen molar-refractivity contribution in [3.63, 3.8) is 0 Å². The number of benzene rings is 2. The van der Waals surface area contributed by atoms with Crippen molar-refractivity contribution in [3.05, 3.63) is 59.4 Å². The van der Waals surface area contributed by atoms with Crippen molar-refractivity contribution in [2.75, 3.05) is 16.8 Å². The van der Waals surface area contributed by atoms with Crippen LogP contribution in [0, 0.1) is 11.7 Å². The van der Waals surface area contributed by atoms with Gasteiger partial charge in [0.15, 0.2) is 0 Å². The van der Waals surface area contributed by atoms with Crippen molar-refractivity contribution in [2.45, 2.75) is 19.3 Å². The molecule has 0 unspecified atom stereocenters. The minimum atomic E-state index is -0.377. The summed E-state index contributed by atoms with van der Waals surface area (Å²) in [7, 11) is 0. The predicted molar refractivity (Wildman–Crippen MR) is 89.6 cm³/mol. The predicted octanol–water partition coefficient (Wildman–Crippen LogP) is 3.38. The molecule has 0 aromatic heterocycles. The Hall–Kier alpha value is -2.69. The molecular formula is C19H17FN2O2. The zero-order valence-electron chi connectivity index (χ0n) is 13.1. The average Bonchev–Trinajstić information content (AvgIpc) is 3.35. The Bertz CT molecular complexity index is 813. The lowest BCUT2D eigenvalue weighted by molar-refractivity contribution is -0.119. The molecule has 1 N–H and O–H groups in total. The summed E-state index contributed by atoms with van der Waals surface area (Å²) in [4.78, 5) is 26.4. The van der Waals surface area contributed by atoms with Crippen molar-refractivity contribution in [1.82, 2.24) is 0 Å². The lowest BCUT2D eigenvalue weighted by Crippen LogP contribution is -2.30. The quantitative estimate of drug-likeness (QED) is 0.941. The van der Waals surface area contributed by atoms with Crippen LogP contribution in [0.1, 0.15) is 28.8 Å². The van der Waals surface area contributed by atoms with E-state index in [1.807, 2.05) is 23.1 Å². The van der Waals surface area contributed by atoms with Crippen LogP contribution in [0.15, 0.2) is 42.5 Å². The molecule has 4 nitrogen and oxygen atoms in total. The Morgan fingerprint density at radius 3 is 2.54 bits per heavy atom. The zero-order valence-corrected chi connectivity index (χ0v) is 13.1. The molecule has 1 aliphatic carbocycles. The van der Waals surface area contributed by atoms with Crippen molar-refractivity contribution >= 4 is 23.2 Å². The average molecular weight is 324 g/mol. The van der Waals surface area contributed by atoms with Crippen LogP contribution in [0.25, 0.3) is 0 Å². The lowest BCUT2D eigenvalue weighted by atomic mass is 10.1. The molecular weight excluding hydrogens is 307 g/mol. The summed E-state index contributed by atoms with van der Waals surface area (Å²) < 4.78 is 12.9. The van der Waals surface area contributed by atoms with E-state index in [0.717, 1.165) is 30.5 Å². The first kappa shape index (κ1) is 14.9. The van der Waals surface area contributed by atoms with Gasteiger partial charge < -0.3 is 10.2 Å². The zero-order chi connectivity index (χ0) is 16.7. The maximum absolute atomic E-state index is 12.9.